The Kier molecular flexibility index (Phi) is 5.20. The van der Waals surface area contributed by atoms with Gasteiger partial charge in [0.15, 0.2) is 6.61 Å². The van der Waals surface area contributed by atoms with Gasteiger partial charge in [-0.1, -0.05) is 37.9 Å². The van der Waals surface area contributed by atoms with Crippen LogP contribution in [-0.2, 0) is 4.79 Å². The predicted molar refractivity (Wildman–Crippen MR) is 87.1 cm³/mol. The van der Waals surface area contributed by atoms with E-state index in [1.54, 1.807) is 12.1 Å². The van der Waals surface area contributed by atoms with E-state index in [9.17, 15) is 4.79 Å². The van der Waals surface area contributed by atoms with Gasteiger partial charge >= 0.3 is 0 Å². The Hall–Kier alpha value is -1.33. The molecule has 5 heteroatoms. The van der Waals surface area contributed by atoms with Crippen LogP contribution in [0.2, 0.25) is 0 Å². The standard InChI is InChI=1S/C15H13Br2NO2/c1-10-2-5-12(8-14(10)17)18-15(19)9-20-13-6-3-11(16)4-7-13/h2-8H,9H2,1H3,(H,18,19). The summed E-state index contributed by atoms with van der Waals surface area (Å²) in [7, 11) is 0. The van der Waals surface area contributed by atoms with Crippen molar-refractivity contribution < 1.29 is 9.53 Å². The molecule has 0 heterocycles. The normalized spacial score (nSPS) is 10.2. The van der Waals surface area contributed by atoms with Crippen LogP contribution in [0.15, 0.2) is 51.4 Å². The maximum atomic E-state index is 11.8. The maximum absolute atomic E-state index is 11.8. The van der Waals surface area contributed by atoms with Gasteiger partial charge < -0.3 is 10.1 Å². The van der Waals surface area contributed by atoms with E-state index in [4.69, 9.17) is 4.74 Å². The molecule has 0 saturated heterocycles. The Morgan fingerprint density at radius 3 is 2.50 bits per heavy atom. The largest absolute Gasteiger partial charge is 0.484 e. The minimum Gasteiger partial charge on any atom is -0.484 e. The van der Waals surface area contributed by atoms with E-state index in [1.165, 1.54) is 0 Å². The van der Waals surface area contributed by atoms with Crippen molar-refractivity contribution in [2.24, 2.45) is 0 Å². The molecule has 0 aromatic heterocycles. The molecule has 0 atom stereocenters. The fourth-order valence-corrected chi connectivity index (χ4v) is 2.19. The smallest absolute Gasteiger partial charge is 0.262 e. The van der Waals surface area contributed by atoms with Gasteiger partial charge in [-0.25, -0.2) is 0 Å². The number of carbonyl (C=O) groups excluding carboxylic acids is 1. The molecule has 0 aliphatic carbocycles. The van der Waals surface area contributed by atoms with Crippen LogP contribution in [0.1, 0.15) is 5.56 Å². The number of aryl methyl sites for hydroxylation is 1. The van der Waals surface area contributed by atoms with Gasteiger partial charge in [-0.2, -0.15) is 0 Å². The Balaban J connectivity index is 1.89. The number of carbonyl (C=O) groups is 1. The number of nitrogens with one attached hydrogen (secondary N) is 1. The molecular weight excluding hydrogens is 386 g/mol. The molecule has 2 rings (SSSR count). The zero-order valence-corrected chi connectivity index (χ0v) is 14.0. The molecule has 3 nitrogen and oxygen atoms in total. The predicted octanol–water partition coefficient (Wildman–Crippen LogP) is 4.54. The fraction of sp³-hybridized carbons (Fsp3) is 0.133. The van der Waals surface area contributed by atoms with E-state index in [1.807, 2.05) is 37.3 Å². The van der Waals surface area contributed by atoms with Crippen LogP contribution in [0, 0.1) is 6.92 Å². The number of benzene rings is 2. The second-order valence-electron chi connectivity index (χ2n) is 4.25. The highest BCUT2D eigenvalue weighted by Gasteiger charge is 2.05. The first-order valence-electron chi connectivity index (χ1n) is 5.99. The third-order valence-electron chi connectivity index (χ3n) is 2.64. The monoisotopic (exact) mass is 397 g/mol. The average molecular weight is 399 g/mol. The molecular formula is C15H13Br2NO2. The van der Waals surface area contributed by atoms with Crippen LogP contribution in [-0.4, -0.2) is 12.5 Å². The molecule has 0 radical (unpaired) electrons. The first kappa shape index (κ1) is 15.1. The van der Waals surface area contributed by atoms with Crippen molar-refractivity contribution >= 4 is 43.5 Å². The van der Waals surface area contributed by atoms with Gasteiger partial charge in [0.1, 0.15) is 5.75 Å². The lowest BCUT2D eigenvalue weighted by Crippen LogP contribution is -2.20. The van der Waals surface area contributed by atoms with Gasteiger partial charge in [0.05, 0.1) is 0 Å². The summed E-state index contributed by atoms with van der Waals surface area (Å²) in [4.78, 5) is 11.8. The van der Waals surface area contributed by atoms with Crippen molar-refractivity contribution in [2.75, 3.05) is 11.9 Å². The van der Waals surface area contributed by atoms with Crippen LogP contribution < -0.4 is 10.1 Å². The lowest BCUT2D eigenvalue weighted by molar-refractivity contribution is -0.118. The number of anilines is 1. The second-order valence-corrected chi connectivity index (χ2v) is 6.02. The zero-order chi connectivity index (χ0) is 14.5. The van der Waals surface area contributed by atoms with E-state index in [-0.39, 0.29) is 12.5 Å². The molecule has 104 valence electrons. The van der Waals surface area contributed by atoms with Crippen molar-refractivity contribution in [3.8, 4) is 5.75 Å². The Labute approximate surface area is 134 Å². The average Bonchev–Trinajstić information content (AvgIpc) is 2.42. The van der Waals surface area contributed by atoms with E-state index >= 15 is 0 Å². The molecule has 1 N–H and O–H groups in total. The van der Waals surface area contributed by atoms with Crippen LogP contribution >= 0.6 is 31.9 Å². The summed E-state index contributed by atoms with van der Waals surface area (Å²) < 4.78 is 7.34. The minimum absolute atomic E-state index is 0.0207. The highest BCUT2D eigenvalue weighted by atomic mass is 79.9. The van der Waals surface area contributed by atoms with Crippen LogP contribution in [0.4, 0.5) is 5.69 Å². The molecule has 0 fully saturated rings. The van der Waals surface area contributed by atoms with Crippen LogP contribution in [0.3, 0.4) is 0 Å². The molecule has 0 spiro atoms. The molecule has 0 bridgehead atoms. The van der Waals surface area contributed by atoms with Gasteiger partial charge in [-0.15, -0.1) is 0 Å². The first-order chi connectivity index (χ1) is 9.54. The molecule has 0 aliphatic heterocycles. The topological polar surface area (TPSA) is 38.3 Å². The third-order valence-corrected chi connectivity index (χ3v) is 4.02. The van der Waals surface area contributed by atoms with E-state index in [2.05, 4.69) is 37.2 Å². The number of rotatable bonds is 4. The number of hydrogen-bond donors (Lipinski definition) is 1. The first-order valence-corrected chi connectivity index (χ1v) is 7.57. The quantitative estimate of drug-likeness (QED) is 0.821. The third kappa shape index (κ3) is 4.35. The Bertz CT molecular complexity index is 612. The molecule has 2 aromatic rings. The summed E-state index contributed by atoms with van der Waals surface area (Å²) >= 11 is 6.77. The van der Waals surface area contributed by atoms with Crippen LogP contribution in [0.5, 0.6) is 5.75 Å². The maximum Gasteiger partial charge on any atom is 0.262 e. The van der Waals surface area contributed by atoms with Gasteiger partial charge in [-0.3, -0.25) is 4.79 Å². The van der Waals surface area contributed by atoms with Crippen LogP contribution in [0.25, 0.3) is 0 Å². The number of hydrogen-bond acceptors (Lipinski definition) is 2. The fourth-order valence-electron chi connectivity index (χ4n) is 1.55. The van der Waals surface area contributed by atoms with E-state index in [0.29, 0.717) is 5.75 Å². The summed E-state index contributed by atoms with van der Waals surface area (Å²) in [6.45, 7) is 1.97. The number of amides is 1. The zero-order valence-electron chi connectivity index (χ0n) is 10.8. The lowest BCUT2D eigenvalue weighted by Gasteiger charge is -2.08. The molecule has 2 aromatic carbocycles. The number of ether oxygens (including phenoxy) is 1. The van der Waals surface area contributed by atoms with Crippen molar-refractivity contribution in [2.45, 2.75) is 6.92 Å². The van der Waals surface area contributed by atoms with Crippen molar-refractivity contribution in [1.29, 1.82) is 0 Å². The molecule has 1 amide bonds. The molecule has 0 aliphatic rings. The summed E-state index contributed by atoms with van der Waals surface area (Å²) in [6.07, 6.45) is 0. The number of halogens is 2. The van der Waals surface area contributed by atoms with Gasteiger partial charge in [0, 0.05) is 14.6 Å². The summed E-state index contributed by atoms with van der Waals surface area (Å²) in [5.74, 6) is 0.470. The Morgan fingerprint density at radius 2 is 1.85 bits per heavy atom. The van der Waals surface area contributed by atoms with Crippen molar-refractivity contribution in [3.63, 3.8) is 0 Å². The van der Waals surface area contributed by atoms with Gasteiger partial charge in [0.2, 0.25) is 0 Å². The summed E-state index contributed by atoms with van der Waals surface area (Å²) in [5, 5.41) is 2.79. The van der Waals surface area contributed by atoms with Gasteiger partial charge in [0.25, 0.3) is 5.91 Å². The second kappa shape index (κ2) is 6.90. The summed E-state index contributed by atoms with van der Waals surface area (Å²) in [5.41, 5.74) is 1.86. The molecule has 0 unspecified atom stereocenters. The van der Waals surface area contributed by atoms with E-state index < -0.39 is 0 Å². The highest BCUT2D eigenvalue weighted by Crippen LogP contribution is 2.20. The van der Waals surface area contributed by atoms with Gasteiger partial charge in [-0.05, 0) is 48.9 Å². The summed E-state index contributed by atoms with van der Waals surface area (Å²) in [6, 6.07) is 13.0. The van der Waals surface area contributed by atoms with Crippen molar-refractivity contribution in [3.05, 3.63) is 57.0 Å². The Morgan fingerprint density at radius 1 is 1.15 bits per heavy atom. The highest BCUT2D eigenvalue weighted by molar-refractivity contribution is 9.10. The lowest BCUT2D eigenvalue weighted by atomic mass is 10.2. The van der Waals surface area contributed by atoms with Crippen molar-refractivity contribution in [1.82, 2.24) is 0 Å². The molecule has 0 saturated carbocycles. The SMILES string of the molecule is Cc1ccc(NC(=O)COc2ccc(Br)cc2)cc1Br. The molecule has 20 heavy (non-hydrogen) atoms. The minimum atomic E-state index is -0.191. The van der Waals surface area contributed by atoms with E-state index in [0.717, 1.165) is 20.2 Å².